The maximum Gasteiger partial charge on any atom is 0.321 e. The molecule has 0 radical (unpaired) electrons. The summed E-state index contributed by atoms with van der Waals surface area (Å²) in [5.41, 5.74) is 1.85. The number of urea groups is 1. The second kappa shape index (κ2) is 12.1. The van der Waals surface area contributed by atoms with Crippen LogP contribution in [0, 0.1) is 11.7 Å². The Morgan fingerprint density at radius 2 is 2.03 bits per heavy atom. The number of ether oxygens (including phenoxy) is 2. The molecule has 1 aliphatic heterocycles. The summed E-state index contributed by atoms with van der Waals surface area (Å²) in [4.78, 5) is 34.0. The van der Waals surface area contributed by atoms with Crippen molar-refractivity contribution in [2.45, 2.75) is 26.0 Å². The Bertz CT molecular complexity index is 1340. The van der Waals surface area contributed by atoms with Gasteiger partial charge in [-0.3, -0.25) is 4.79 Å². The number of aliphatic hydroxyl groups excluding tert-OH is 1. The predicted octanol–water partition coefficient (Wildman–Crippen LogP) is 4.28. The molecule has 2 aromatic carbocycles. The fraction of sp³-hybridized carbons (Fsp3) is 0.345. The minimum atomic E-state index is -0.545. The fourth-order valence-corrected chi connectivity index (χ4v) is 4.41. The molecule has 3 amide bonds. The van der Waals surface area contributed by atoms with Crippen molar-refractivity contribution in [3.63, 3.8) is 0 Å². The number of rotatable bonds is 7. The van der Waals surface area contributed by atoms with Gasteiger partial charge in [-0.2, -0.15) is 0 Å². The number of nitrogens with zero attached hydrogens (tertiary/aromatic N) is 3. The van der Waals surface area contributed by atoms with Gasteiger partial charge in [-0.25, -0.2) is 14.2 Å². The molecule has 9 nitrogen and oxygen atoms in total. The number of anilines is 1. The number of halogens is 1. The zero-order valence-corrected chi connectivity index (χ0v) is 22.4. The average molecular weight is 537 g/mol. The maximum absolute atomic E-state index is 14.1. The number of para-hydroxylation sites is 1. The molecule has 1 aromatic heterocycles. The topological polar surface area (TPSA) is 104 Å². The van der Waals surface area contributed by atoms with E-state index in [0.29, 0.717) is 11.3 Å². The number of hydrogen-bond donors (Lipinski definition) is 2. The van der Waals surface area contributed by atoms with Gasteiger partial charge in [0.25, 0.3) is 5.91 Å². The molecule has 0 spiro atoms. The zero-order chi connectivity index (χ0) is 28.1. The summed E-state index contributed by atoms with van der Waals surface area (Å²) >= 11 is 0. The van der Waals surface area contributed by atoms with Gasteiger partial charge < -0.3 is 29.7 Å². The number of carbonyl (C=O) groups excluding carboxylic acids is 2. The van der Waals surface area contributed by atoms with Crippen LogP contribution in [0.4, 0.5) is 14.9 Å². The molecule has 0 fully saturated rings. The minimum absolute atomic E-state index is 0.0756. The lowest BCUT2D eigenvalue weighted by Gasteiger charge is -2.37. The van der Waals surface area contributed by atoms with Crippen molar-refractivity contribution in [3.8, 4) is 22.8 Å². The Morgan fingerprint density at radius 1 is 1.26 bits per heavy atom. The lowest BCUT2D eigenvalue weighted by Crippen LogP contribution is -2.50. The third-order valence-electron chi connectivity index (χ3n) is 6.84. The number of likely N-dealkylation sites (N-methyl/N-ethyl adjacent to an activating group) is 1. The Morgan fingerprint density at radius 3 is 2.74 bits per heavy atom. The van der Waals surface area contributed by atoms with Crippen LogP contribution in [0.1, 0.15) is 24.2 Å². The van der Waals surface area contributed by atoms with E-state index < -0.39 is 24.0 Å². The number of aromatic nitrogens is 1. The molecular weight excluding hydrogens is 503 g/mol. The van der Waals surface area contributed by atoms with E-state index in [9.17, 15) is 19.1 Å². The summed E-state index contributed by atoms with van der Waals surface area (Å²) in [5.74, 6) is -0.254. The van der Waals surface area contributed by atoms with Crippen LogP contribution in [0.5, 0.6) is 11.6 Å². The number of methoxy groups -OCH3 is 1. The molecule has 0 unspecified atom stereocenters. The molecule has 39 heavy (non-hydrogen) atoms. The van der Waals surface area contributed by atoms with Crippen molar-refractivity contribution in [2.24, 2.45) is 5.92 Å². The molecule has 4 rings (SSSR count). The number of pyridine rings is 1. The van der Waals surface area contributed by atoms with Crippen molar-refractivity contribution < 1.29 is 28.6 Å². The monoisotopic (exact) mass is 536 g/mol. The summed E-state index contributed by atoms with van der Waals surface area (Å²) in [5, 5.41) is 12.5. The fourth-order valence-electron chi connectivity index (χ4n) is 4.41. The zero-order valence-electron chi connectivity index (χ0n) is 22.4. The highest BCUT2D eigenvalue weighted by Gasteiger charge is 2.35. The first-order valence-corrected chi connectivity index (χ1v) is 12.7. The molecule has 0 saturated heterocycles. The van der Waals surface area contributed by atoms with Crippen LogP contribution in [0.25, 0.3) is 11.1 Å². The Kier molecular flexibility index (Phi) is 8.65. The molecule has 10 heteroatoms. The minimum Gasteiger partial charge on any atom is -0.497 e. The number of carbonyl (C=O) groups is 2. The van der Waals surface area contributed by atoms with E-state index in [4.69, 9.17) is 9.47 Å². The highest BCUT2D eigenvalue weighted by atomic mass is 19.1. The van der Waals surface area contributed by atoms with E-state index in [1.54, 1.807) is 50.4 Å². The first-order chi connectivity index (χ1) is 18.7. The third kappa shape index (κ3) is 6.28. The third-order valence-corrected chi connectivity index (χ3v) is 6.84. The molecule has 3 aromatic rings. The van der Waals surface area contributed by atoms with Crippen LogP contribution >= 0.6 is 0 Å². The number of aliphatic hydroxyl groups is 1. The first kappa shape index (κ1) is 27.8. The number of benzene rings is 2. The molecule has 0 bridgehead atoms. The van der Waals surface area contributed by atoms with Crippen LogP contribution in [-0.2, 0) is 0 Å². The second-order valence-corrected chi connectivity index (χ2v) is 9.72. The van der Waals surface area contributed by atoms with E-state index >= 15 is 0 Å². The second-order valence-electron chi connectivity index (χ2n) is 9.72. The van der Waals surface area contributed by atoms with Gasteiger partial charge in [0, 0.05) is 31.3 Å². The number of amides is 3. The van der Waals surface area contributed by atoms with Gasteiger partial charge in [0.1, 0.15) is 23.2 Å². The summed E-state index contributed by atoms with van der Waals surface area (Å²) in [7, 11) is 3.17. The largest absolute Gasteiger partial charge is 0.497 e. The predicted molar refractivity (Wildman–Crippen MR) is 145 cm³/mol. The summed E-state index contributed by atoms with van der Waals surface area (Å²) in [6, 6.07) is 14.1. The molecule has 2 N–H and O–H groups in total. The van der Waals surface area contributed by atoms with Crippen molar-refractivity contribution in [1.82, 2.24) is 14.8 Å². The van der Waals surface area contributed by atoms with E-state index in [0.717, 1.165) is 5.56 Å². The average Bonchev–Trinajstić information content (AvgIpc) is 2.95. The standard InChI is InChI=1S/C29H33FN4O5/c1-18-15-34(19(2)17-35)28(36)23-13-21(20-8-7-9-22(12-20)38-4)14-31-27(23)39-26(18)16-33(3)29(37)32-25-11-6-5-10-24(25)30/h5-14,18-19,26,35H,15-17H2,1-4H3,(H,32,37)/t18-,19+,26+/m0/s1. The molecule has 1 aliphatic rings. The SMILES string of the molecule is COc1cccc(-c2cnc3c(c2)C(=O)N([C@H](C)CO)C[C@H](C)[C@@H](CN(C)C(=O)Nc2ccccc2F)O3)c1. The summed E-state index contributed by atoms with van der Waals surface area (Å²) in [6.07, 6.45) is 1.08. The van der Waals surface area contributed by atoms with Gasteiger partial charge in [-0.15, -0.1) is 0 Å². The number of fused-ring (bicyclic) bond motifs is 1. The van der Waals surface area contributed by atoms with Crippen LogP contribution < -0.4 is 14.8 Å². The van der Waals surface area contributed by atoms with Crippen LogP contribution in [-0.4, -0.2) is 77.8 Å². The van der Waals surface area contributed by atoms with Crippen LogP contribution in [0.3, 0.4) is 0 Å². The molecular formula is C29H33FN4O5. The van der Waals surface area contributed by atoms with Crippen molar-refractivity contribution in [1.29, 1.82) is 0 Å². The normalized spacial score (nSPS) is 17.8. The van der Waals surface area contributed by atoms with Crippen LogP contribution in [0.15, 0.2) is 60.8 Å². The van der Waals surface area contributed by atoms with Gasteiger partial charge in [0.2, 0.25) is 5.88 Å². The van der Waals surface area contributed by atoms with Gasteiger partial charge in [0.05, 0.1) is 32.0 Å². The summed E-state index contributed by atoms with van der Waals surface area (Å²) < 4.78 is 25.7. The molecule has 0 aliphatic carbocycles. The van der Waals surface area contributed by atoms with E-state index in [1.165, 1.54) is 17.0 Å². The van der Waals surface area contributed by atoms with Crippen molar-refractivity contribution in [2.75, 3.05) is 39.2 Å². The highest BCUT2D eigenvalue weighted by molar-refractivity contribution is 5.98. The summed E-state index contributed by atoms with van der Waals surface area (Å²) in [6.45, 7) is 3.90. The van der Waals surface area contributed by atoms with Crippen LogP contribution in [0.2, 0.25) is 0 Å². The highest BCUT2D eigenvalue weighted by Crippen LogP contribution is 2.31. The Hall–Kier alpha value is -4.18. The Labute approximate surface area is 227 Å². The lowest BCUT2D eigenvalue weighted by molar-refractivity contribution is 0.0356. The molecule has 206 valence electrons. The number of nitrogens with one attached hydrogen (secondary N) is 1. The maximum atomic E-state index is 14.1. The van der Waals surface area contributed by atoms with Crippen molar-refractivity contribution >= 4 is 17.6 Å². The molecule has 0 saturated carbocycles. The smallest absolute Gasteiger partial charge is 0.321 e. The molecule has 2 heterocycles. The van der Waals surface area contributed by atoms with Gasteiger partial charge in [-0.05, 0) is 42.8 Å². The van der Waals surface area contributed by atoms with E-state index in [2.05, 4.69) is 10.3 Å². The van der Waals surface area contributed by atoms with E-state index in [-0.39, 0.29) is 48.7 Å². The van der Waals surface area contributed by atoms with Gasteiger partial charge in [-0.1, -0.05) is 31.2 Å². The van der Waals surface area contributed by atoms with Gasteiger partial charge in [0.15, 0.2) is 0 Å². The molecule has 3 atom stereocenters. The number of hydrogen-bond acceptors (Lipinski definition) is 6. The Balaban J connectivity index is 1.64. The lowest BCUT2D eigenvalue weighted by atomic mass is 9.99. The van der Waals surface area contributed by atoms with Crippen molar-refractivity contribution in [3.05, 3.63) is 72.2 Å². The van der Waals surface area contributed by atoms with E-state index in [1.807, 2.05) is 31.2 Å². The quantitative estimate of drug-likeness (QED) is 0.467. The first-order valence-electron chi connectivity index (χ1n) is 12.7. The van der Waals surface area contributed by atoms with Gasteiger partial charge >= 0.3 is 6.03 Å².